The van der Waals surface area contributed by atoms with Gasteiger partial charge in [-0.2, -0.15) is 0 Å². The molecule has 2 nitrogen and oxygen atoms in total. The second-order valence-electron chi connectivity index (χ2n) is 5.86. The molecular weight excluding hydrogens is 220 g/mol. The minimum Gasteiger partial charge on any atom is -0.317 e. The van der Waals surface area contributed by atoms with E-state index >= 15 is 0 Å². The van der Waals surface area contributed by atoms with Gasteiger partial charge in [0.25, 0.3) is 0 Å². The molecular formula is C16H34N2. The van der Waals surface area contributed by atoms with Gasteiger partial charge in [0, 0.05) is 0 Å². The van der Waals surface area contributed by atoms with Crippen molar-refractivity contribution in [2.24, 2.45) is 5.92 Å². The van der Waals surface area contributed by atoms with Gasteiger partial charge in [0.2, 0.25) is 0 Å². The number of nitrogens with zero attached hydrogens (tertiary/aromatic N) is 1. The van der Waals surface area contributed by atoms with Gasteiger partial charge in [-0.25, -0.2) is 0 Å². The summed E-state index contributed by atoms with van der Waals surface area (Å²) in [6.45, 7) is 11.0. The van der Waals surface area contributed by atoms with E-state index in [4.69, 9.17) is 0 Å². The molecule has 108 valence electrons. The van der Waals surface area contributed by atoms with Crippen molar-refractivity contribution in [1.82, 2.24) is 10.2 Å². The molecule has 18 heavy (non-hydrogen) atoms. The van der Waals surface area contributed by atoms with Gasteiger partial charge >= 0.3 is 0 Å². The van der Waals surface area contributed by atoms with Crippen LogP contribution in [0.15, 0.2) is 0 Å². The summed E-state index contributed by atoms with van der Waals surface area (Å²) in [6.07, 6.45) is 11.1. The molecule has 2 heteroatoms. The van der Waals surface area contributed by atoms with Crippen LogP contribution in [0.2, 0.25) is 0 Å². The molecule has 1 heterocycles. The summed E-state index contributed by atoms with van der Waals surface area (Å²) in [5.74, 6) is 1.01. The molecule has 0 radical (unpaired) electrons. The molecule has 0 aliphatic carbocycles. The average Bonchev–Trinajstić information content (AvgIpc) is 2.63. The standard InChI is InChI=1S/C16H34N2/c1-3-11-17-12-6-5-7-13-18-14-8-9-16(4-2)10-15-18/h16-17H,3-15H2,1-2H3. The third kappa shape index (κ3) is 7.38. The maximum Gasteiger partial charge on any atom is -0.00161 e. The first kappa shape index (κ1) is 16.0. The van der Waals surface area contributed by atoms with E-state index in [0.29, 0.717) is 0 Å². The Morgan fingerprint density at radius 2 is 1.89 bits per heavy atom. The minimum absolute atomic E-state index is 1.01. The molecule has 0 amide bonds. The van der Waals surface area contributed by atoms with E-state index in [-0.39, 0.29) is 0 Å². The molecule has 0 aromatic carbocycles. The fourth-order valence-corrected chi connectivity index (χ4v) is 2.92. The highest BCUT2D eigenvalue weighted by Crippen LogP contribution is 2.20. The Morgan fingerprint density at radius 1 is 1.00 bits per heavy atom. The number of rotatable bonds is 9. The molecule has 1 saturated heterocycles. The SMILES string of the molecule is CCCNCCCCCN1CCCC(CC)CC1. The van der Waals surface area contributed by atoms with Crippen LogP contribution >= 0.6 is 0 Å². The van der Waals surface area contributed by atoms with Crippen molar-refractivity contribution in [1.29, 1.82) is 0 Å². The van der Waals surface area contributed by atoms with E-state index in [1.165, 1.54) is 84.1 Å². The fraction of sp³-hybridized carbons (Fsp3) is 1.00. The summed E-state index contributed by atoms with van der Waals surface area (Å²) in [7, 11) is 0. The van der Waals surface area contributed by atoms with Crippen molar-refractivity contribution < 1.29 is 0 Å². The monoisotopic (exact) mass is 254 g/mol. The van der Waals surface area contributed by atoms with Crippen LogP contribution in [0.4, 0.5) is 0 Å². The molecule has 1 fully saturated rings. The van der Waals surface area contributed by atoms with Gasteiger partial charge < -0.3 is 10.2 Å². The Morgan fingerprint density at radius 3 is 2.67 bits per heavy atom. The van der Waals surface area contributed by atoms with Crippen LogP contribution < -0.4 is 5.32 Å². The Kier molecular flexibility index (Phi) is 9.59. The Bertz CT molecular complexity index is 182. The molecule has 0 aromatic rings. The van der Waals surface area contributed by atoms with Gasteiger partial charge in [-0.3, -0.25) is 0 Å². The average molecular weight is 254 g/mol. The van der Waals surface area contributed by atoms with E-state index in [9.17, 15) is 0 Å². The summed E-state index contributed by atoms with van der Waals surface area (Å²) in [4.78, 5) is 2.70. The Balaban J connectivity index is 1.95. The first-order valence-electron chi connectivity index (χ1n) is 8.29. The summed E-state index contributed by atoms with van der Waals surface area (Å²) in [5.41, 5.74) is 0. The van der Waals surface area contributed by atoms with Gasteiger partial charge in [0.05, 0.1) is 0 Å². The topological polar surface area (TPSA) is 15.3 Å². The van der Waals surface area contributed by atoms with E-state index < -0.39 is 0 Å². The van der Waals surface area contributed by atoms with Crippen LogP contribution in [0, 0.1) is 5.92 Å². The first-order valence-corrected chi connectivity index (χ1v) is 8.29. The molecule has 1 atom stereocenters. The highest BCUT2D eigenvalue weighted by molar-refractivity contribution is 4.69. The van der Waals surface area contributed by atoms with Gasteiger partial charge in [-0.15, -0.1) is 0 Å². The summed E-state index contributed by atoms with van der Waals surface area (Å²) in [5, 5.41) is 3.48. The van der Waals surface area contributed by atoms with Crippen molar-refractivity contribution in [2.75, 3.05) is 32.7 Å². The lowest BCUT2D eigenvalue weighted by Gasteiger charge is -2.19. The van der Waals surface area contributed by atoms with Crippen molar-refractivity contribution in [3.8, 4) is 0 Å². The minimum atomic E-state index is 1.01. The molecule has 1 aliphatic rings. The van der Waals surface area contributed by atoms with Crippen molar-refractivity contribution >= 4 is 0 Å². The number of likely N-dealkylation sites (tertiary alicyclic amines) is 1. The zero-order valence-electron chi connectivity index (χ0n) is 12.7. The molecule has 0 aromatic heterocycles. The van der Waals surface area contributed by atoms with Gasteiger partial charge in [0.1, 0.15) is 0 Å². The zero-order valence-corrected chi connectivity index (χ0v) is 12.7. The molecule has 0 spiro atoms. The largest absolute Gasteiger partial charge is 0.317 e. The number of unbranched alkanes of at least 4 members (excludes halogenated alkanes) is 2. The molecule has 1 rings (SSSR count). The lowest BCUT2D eigenvalue weighted by Crippen LogP contribution is -2.26. The van der Waals surface area contributed by atoms with Gasteiger partial charge in [-0.1, -0.05) is 26.7 Å². The Labute approximate surface area is 115 Å². The van der Waals surface area contributed by atoms with Crippen molar-refractivity contribution in [2.45, 2.75) is 65.2 Å². The maximum atomic E-state index is 3.48. The molecule has 1 unspecified atom stereocenters. The van der Waals surface area contributed by atoms with Crippen LogP contribution in [0.5, 0.6) is 0 Å². The number of nitrogens with one attached hydrogen (secondary N) is 1. The van der Waals surface area contributed by atoms with Crippen molar-refractivity contribution in [3.63, 3.8) is 0 Å². The second-order valence-corrected chi connectivity index (χ2v) is 5.86. The second kappa shape index (κ2) is 10.8. The predicted octanol–water partition coefficient (Wildman–Crippen LogP) is 3.67. The molecule has 0 bridgehead atoms. The van der Waals surface area contributed by atoms with Gasteiger partial charge in [0.15, 0.2) is 0 Å². The Hall–Kier alpha value is -0.0800. The third-order valence-corrected chi connectivity index (χ3v) is 4.27. The summed E-state index contributed by atoms with van der Waals surface area (Å²) in [6, 6.07) is 0. The lowest BCUT2D eigenvalue weighted by molar-refractivity contribution is 0.273. The maximum absolute atomic E-state index is 3.48. The summed E-state index contributed by atoms with van der Waals surface area (Å²) < 4.78 is 0. The lowest BCUT2D eigenvalue weighted by atomic mass is 9.98. The number of hydrogen-bond acceptors (Lipinski definition) is 2. The fourth-order valence-electron chi connectivity index (χ4n) is 2.92. The van der Waals surface area contributed by atoms with Crippen LogP contribution in [0.3, 0.4) is 0 Å². The predicted molar refractivity (Wildman–Crippen MR) is 81.1 cm³/mol. The zero-order chi connectivity index (χ0) is 13.1. The van der Waals surface area contributed by atoms with Crippen LogP contribution in [-0.4, -0.2) is 37.6 Å². The highest BCUT2D eigenvalue weighted by atomic mass is 15.1. The summed E-state index contributed by atoms with van der Waals surface area (Å²) >= 11 is 0. The van der Waals surface area contributed by atoms with Crippen LogP contribution in [0.25, 0.3) is 0 Å². The van der Waals surface area contributed by atoms with Crippen LogP contribution in [0.1, 0.15) is 65.2 Å². The first-order chi connectivity index (χ1) is 8.86. The third-order valence-electron chi connectivity index (χ3n) is 4.27. The van der Waals surface area contributed by atoms with E-state index in [1.54, 1.807) is 0 Å². The highest BCUT2D eigenvalue weighted by Gasteiger charge is 2.14. The van der Waals surface area contributed by atoms with Crippen molar-refractivity contribution in [3.05, 3.63) is 0 Å². The smallest absolute Gasteiger partial charge is 0.00161 e. The van der Waals surface area contributed by atoms with E-state index in [2.05, 4.69) is 24.1 Å². The number of hydrogen-bond donors (Lipinski definition) is 1. The normalized spacial score (nSPS) is 22.0. The molecule has 1 aliphatic heterocycles. The van der Waals surface area contributed by atoms with Gasteiger partial charge in [-0.05, 0) is 77.2 Å². The van der Waals surface area contributed by atoms with Crippen LogP contribution in [-0.2, 0) is 0 Å². The molecule has 1 N–H and O–H groups in total. The molecule has 0 saturated carbocycles. The van der Waals surface area contributed by atoms with E-state index in [1.807, 2.05) is 0 Å². The quantitative estimate of drug-likeness (QED) is 0.632. The van der Waals surface area contributed by atoms with E-state index in [0.717, 1.165) is 5.92 Å².